The molecule has 0 unspecified atom stereocenters. The first-order valence-electron chi connectivity index (χ1n) is 13.5. The number of para-hydroxylation sites is 1. The van der Waals surface area contributed by atoms with Gasteiger partial charge in [0.2, 0.25) is 5.91 Å². The molecule has 0 bridgehead atoms. The van der Waals surface area contributed by atoms with Crippen LogP contribution in [0.5, 0.6) is 0 Å². The summed E-state index contributed by atoms with van der Waals surface area (Å²) in [6, 6.07) is 29.6. The van der Waals surface area contributed by atoms with E-state index in [1.54, 1.807) is 0 Å². The van der Waals surface area contributed by atoms with E-state index in [2.05, 4.69) is 15.5 Å². The zero-order valence-corrected chi connectivity index (χ0v) is 25.3. The van der Waals surface area contributed by atoms with E-state index >= 15 is 0 Å². The zero-order valence-electron chi connectivity index (χ0n) is 23.7. The standard InChI is InChI=1S/C33H27N5O3S2/c1-20-28(22-14-8-5-9-15-22)29(32(40)41-3)31(43-20)35-27(39)19-42-33-37-36-30(38(33)2)24-18-26(21-12-6-4-7-13-21)34-25-17-11-10-16-23(24)25/h4-18H,19H2,1-3H3,(H,35,39). The van der Waals surface area contributed by atoms with Crippen molar-refractivity contribution >= 4 is 50.9 Å². The average molecular weight is 606 g/mol. The molecule has 0 spiro atoms. The van der Waals surface area contributed by atoms with Crippen LogP contribution in [0.3, 0.4) is 0 Å². The molecule has 0 aliphatic heterocycles. The minimum Gasteiger partial charge on any atom is -0.465 e. The number of fused-ring (bicyclic) bond motifs is 1. The Bertz CT molecular complexity index is 1950. The third-order valence-electron chi connectivity index (χ3n) is 6.98. The molecule has 6 rings (SSSR count). The first kappa shape index (κ1) is 28.3. The molecule has 214 valence electrons. The number of pyridine rings is 1. The molecule has 0 saturated heterocycles. The van der Waals surface area contributed by atoms with Crippen molar-refractivity contribution in [1.29, 1.82) is 0 Å². The molecule has 0 saturated carbocycles. The van der Waals surface area contributed by atoms with E-state index in [0.717, 1.165) is 43.7 Å². The highest BCUT2D eigenvalue weighted by Gasteiger charge is 2.25. The number of thiophene rings is 1. The zero-order chi connectivity index (χ0) is 29.9. The Kier molecular flexibility index (Phi) is 8.04. The molecule has 1 amide bonds. The number of anilines is 1. The molecule has 3 heterocycles. The van der Waals surface area contributed by atoms with Crippen LogP contribution in [0.1, 0.15) is 15.2 Å². The summed E-state index contributed by atoms with van der Waals surface area (Å²) in [6.07, 6.45) is 0. The van der Waals surface area contributed by atoms with Crippen molar-refractivity contribution < 1.29 is 14.3 Å². The molecular weight excluding hydrogens is 579 g/mol. The van der Waals surface area contributed by atoms with Crippen LogP contribution >= 0.6 is 23.1 Å². The minimum atomic E-state index is -0.497. The van der Waals surface area contributed by atoms with Gasteiger partial charge >= 0.3 is 5.97 Å². The molecule has 3 aromatic carbocycles. The number of nitrogens with zero attached hydrogens (tertiary/aromatic N) is 4. The van der Waals surface area contributed by atoms with Crippen molar-refractivity contribution in [3.63, 3.8) is 0 Å². The molecule has 10 heteroatoms. The highest BCUT2D eigenvalue weighted by molar-refractivity contribution is 7.99. The number of hydrogen-bond donors (Lipinski definition) is 1. The van der Waals surface area contributed by atoms with E-state index in [9.17, 15) is 9.59 Å². The number of carbonyl (C=O) groups is 2. The highest BCUT2D eigenvalue weighted by atomic mass is 32.2. The predicted molar refractivity (Wildman–Crippen MR) is 172 cm³/mol. The van der Waals surface area contributed by atoms with Crippen molar-refractivity contribution in [2.45, 2.75) is 12.1 Å². The van der Waals surface area contributed by atoms with Gasteiger partial charge in [-0.2, -0.15) is 0 Å². The number of methoxy groups -OCH3 is 1. The van der Waals surface area contributed by atoms with Gasteiger partial charge < -0.3 is 14.6 Å². The molecular formula is C33H27N5O3S2. The maximum absolute atomic E-state index is 13.1. The van der Waals surface area contributed by atoms with Crippen LogP contribution in [0.2, 0.25) is 0 Å². The number of aryl methyl sites for hydroxylation is 1. The largest absolute Gasteiger partial charge is 0.465 e. The van der Waals surface area contributed by atoms with Crippen LogP contribution in [0, 0.1) is 6.92 Å². The Hall–Kier alpha value is -4.80. The first-order chi connectivity index (χ1) is 20.9. The number of ether oxygens (including phenoxy) is 1. The third-order valence-corrected chi connectivity index (χ3v) is 9.02. The van der Waals surface area contributed by atoms with E-state index in [0.29, 0.717) is 21.5 Å². The van der Waals surface area contributed by atoms with Crippen molar-refractivity contribution in [3.05, 3.63) is 101 Å². The van der Waals surface area contributed by atoms with Gasteiger partial charge in [0.05, 0.1) is 24.1 Å². The normalized spacial score (nSPS) is 11.0. The number of amides is 1. The monoisotopic (exact) mass is 605 g/mol. The SMILES string of the molecule is COC(=O)c1c(NC(=O)CSc2nnc(-c3cc(-c4ccccc4)nc4ccccc34)n2C)sc(C)c1-c1ccccc1. The molecule has 8 nitrogen and oxygen atoms in total. The quantitative estimate of drug-likeness (QED) is 0.144. The van der Waals surface area contributed by atoms with Crippen molar-refractivity contribution in [1.82, 2.24) is 19.7 Å². The molecule has 0 fully saturated rings. The Labute approximate surface area is 256 Å². The molecule has 43 heavy (non-hydrogen) atoms. The number of nitrogens with one attached hydrogen (secondary N) is 1. The average Bonchev–Trinajstić information content (AvgIpc) is 3.57. The molecule has 0 radical (unpaired) electrons. The topological polar surface area (TPSA) is 99.0 Å². The third kappa shape index (κ3) is 5.67. The minimum absolute atomic E-state index is 0.0799. The Morgan fingerprint density at radius 1 is 0.930 bits per heavy atom. The molecule has 0 aliphatic carbocycles. The van der Waals surface area contributed by atoms with Crippen LogP contribution in [0.4, 0.5) is 5.00 Å². The van der Waals surface area contributed by atoms with E-state index in [1.807, 2.05) is 110 Å². The van der Waals surface area contributed by atoms with E-state index in [1.165, 1.54) is 30.2 Å². The van der Waals surface area contributed by atoms with Gasteiger partial charge in [-0.25, -0.2) is 9.78 Å². The number of rotatable bonds is 8. The van der Waals surface area contributed by atoms with Crippen LogP contribution in [-0.4, -0.2) is 44.5 Å². The number of thioether (sulfide) groups is 1. The maximum atomic E-state index is 13.1. The van der Waals surface area contributed by atoms with Gasteiger partial charge in [-0.3, -0.25) is 4.79 Å². The fourth-order valence-corrected chi connectivity index (χ4v) is 6.76. The van der Waals surface area contributed by atoms with Gasteiger partial charge in [-0.1, -0.05) is 90.6 Å². The second-order valence-electron chi connectivity index (χ2n) is 9.74. The summed E-state index contributed by atoms with van der Waals surface area (Å²) in [5.41, 5.74) is 5.62. The summed E-state index contributed by atoms with van der Waals surface area (Å²) >= 11 is 2.63. The van der Waals surface area contributed by atoms with Crippen LogP contribution in [-0.2, 0) is 16.6 Å². The predicted octanol–water partition coefficient (Wildman–Crippen LogP) is 7.25. The van der Waals surface area contributed by atoms with Crippen molar-refractivity contribution in [2.24, 2.45) is 7.05 Å². The fourth-order valence-electron chi connectivity index (χ4n) is 4.97. The van der Waals surface area contributed by atoms with E-state index in [4.69, 9.17) is 9.72 Å². The summed E-state index contributed by atoms with van der Waals surface area (Å²) in [6.45, 7) is 1.93. The van der Waals surface area contributed by atoms with Gasteiger partial charge in [-0.15, -0.1) is 21.5 Å². The van der Waals surface area contributed by atoms with E-state index < -0.39 is 5.97 Å². The van der Waals surface area contributed by atoms with Crippen molar-refractivity contribution in [2.75, 3.05) is 18.2 Å². The number of esters is 1. The summed E-state index contributed by atoms with van der Waals surface area (Å²) < 4.78 is 6.96. The fraction of sp³-hybridized carbons (Fsp3) is 0.121. The number of benzene rings is 3. The van der Waals surface area contributed by atoms with E-state index in [-0.39, 0.29) is 11.7 Å². The summed E-state index contributed by atoms with van der Waals surface area (Å²) in [5, 5.41) is 13.8. The Morgan fingerprint density at radius 3 is 2.33 bits per heavy atom. The van der Waals surface area contributed by atoms with Gasteiger partial charge in [0.15, 0.2) is 11.0 Å². The number of aromatic nitrogens is 4. The van der Waals surface area contributed by atoms with Gasteiger partial charge in [-0.05, 0) is 24.6 Å². The number of carbonyl (C=O) groups excluding carboxylic acids is 2. The maximum Gasteiger partial charge on any atom is 0.341 e. The molecule has 0 atom stereocenters. The van der Waals surface area contributed by atoms with Gasteiger partial charge in [0.25, 0.3) is 0 Å². The van der Waals surface area contributed by atoms with Gasteiger partial charge in [0, 0.05) is 34.0 Å². The Morgan fingerprint density at radius 2 is 1.60 bits per heavy atom. The molecule has 1 N–H and O–H groups in total. The first-order valence-corrected chi connectivity index (χ1v) is 15.3. The molecule has 0 aliphatic rings. The molecule has 6 aromatic rings. The van der Waals surface area contributed by atoms with Crippen LogP contribution < -0.4 is 5.32 Å². The lowest BCUT2D eigenvalue weighted by atomic mass is 10.0. The van der Waals surface area contributed by atoms with Crippen LogP contribution in [0.15, 0.2) is 96.2 Å². The highest BCUT2D eigenvalue weighted by Crippen LogP contribution is 2.40. The summed E-state index contributed by atoms with van der Waals surface area (Å²) in [7, 11) is 3.23. The summed E-state index contributed by atoms with van der Waals surface area (Å²) in [4.78, 5) is 31.7. The Balaban J connectivity index is 1.25. The second kappa shape index (κ2) is 12.2. The lowest BCUT2D eigenvalue weighted by Gasteiger charge is -2.10. The van der Waals surface area contributed by atoms with Gasteiger partial charge in [0.1, 0.15) is 10.6 Å². The lowest BCUT2D eigenvalue weighted by molar-refractivity contribution is -0.113. The molecule has 3 aromatic heterocycles. The smallest absolute Gasteiger partial charge is 0.341 e. The lowest BCUT2D eigenvalue weighted by Crippen LogP contribution is -2.16. The summed E-state index contributed by atoms with van der Waals surface area (Å²) in [5.74, 6) is -0.00536. The number of hydrogen-bond acceptors (Lipinski definition) is 8. The van der Waals surface area contributed by atoms with Crippen molar-refractivity contribution in [3.8, 4) is 33.8 Å². The second-order valence-corrected chi connectivity index (χ2v) is 11.9. The van der Waals surface area contributed by atoms with Crippen LogP contribution in [0.25, 0.3) is 44.7 Å².